The van der Waals surface area contributed by atoms with Gasteiger partial charge < -0.3 is 15.5 Å². The van der Waals surface area contributed by atoms with Crippen molar-refractivity contribution in [3.05, 3.63) is 43.7 Å². The van der Waals surface area contributed by atoms with E-state index in [2.05, 4.69) is 9.72 Å². The Hall–Kier alpha value is -2.88. The van der Waals surface area contributed by atoms with Gasteiger partial charge in [0.05, 0.1) is 5.02 Å². The molecule has 0 bridgehead atoms. The summed E-state index contributed by atoms with van der Waals surface area (Å²) in [6.07, 6.45) is -5.06. The lowest BCUT2D eigenvalue weighted by Gasteiger charge is -2.14. The van der Waals surface area contributed by atoms with Crippen molar-refractivity contribution < 1.29 is 17.9 Å². The van der Waals surface area contributed by atoms with Gasteiger partial charge in [0.2, 0.25) is 0 Å². The van der Waals surface area contributed by atoms with Crippen LogP contribution < -0.4 is 16.0 Å². The van der Waals surface area contributed by atoms with Gasteiger partial charge in [-0.15, -0.1) is 13.2 Å². The summed E-state index contributed by atoms with van der Waals surface area (Å²) in [5.41, 5.74) is 3.34. The Morgan fingerprint density at radius 3 is 2.28 bits per heavy atom. The molecule has 0 aliphatic rings. The van der Waals surface area contributed by atoms with E-state index in [1.54, 1.807) is 12.1 Å². The summed E-state index contributed by atoms with van der Waals surface area (Å²) in [6.45, 7) is 0. The third kappa shape index (κ3) is 3.63. The van der Waals surface area contributed by atoms with E-state index < -0.39 is 28.3 Å². The van der Waals surface area contributed by atoms with Crippen molar-refractivity contribution in [3.63, 3.8) is 0 Å². The standard InChI is InChI=1S/C14H5Cl2F3N4O2/c15-8-1-5(2-9(11(8)16)25-14(17,18)19)10-6(3-20)12(22)23-13(24)7(10)4-21/h1-2H,(H3,22,23,24). The van der Waals surface area contributed by atoms with Crippen LogP contribution in [0.4, 0.5) is 19.0 Å². The average molecular weight is 389 g/mol. The van der Waals surface area contributed by atoms with Crippen molar-refractivity contribution >= 4 is 29.0 Å². The molecule has 6 nitrogen and oxygen atoms in total. The Bertz CT molecular complexity index is 1000. The van der Waals surface area contributed by atoms with E-state index in [0.717, 1.165) is 12.1 Å². The van der Waals surface area contributed by atoms with Crippen molar-refractivity contribution in [1.82, 2.24) is 4.98 Å². The Labute approximate surface area is 147 Å². The van der Waals surface area contributed by atoms with Gasteiger partial charge >= 0.3 is 6.36 Å². The number of nitrogens with two attached hydrogens (primary N) is 1. The number of aromatic amines is 1. The molecule has 0 atom stereocenters. The maximum atomic E-state index is 12.5. The first-order chi connectivity index (χ1) is 11.6. The van der Waals surface area contributed by atoms with E-state index in [0.29, 0.717) is 0 Å². The predicted molar refractivity (Wildman–Crippen MR) is 83.0 cm³/mol. The fourth-order valence-corrected chi connectivity index (χ4v) is 2.40. The van der Waals surface area contributed by atoms with Crippen LogP contribution in [0.3, 0.4) is 0 Å². The lowest BCUT2D eigenvalue weighted by molar-refractivity contribution is -0.274. The first-order valence-electron chi connectivity index (χ1n) is 6.20. The van der Waals surface area contributed by atoms with E-state index in [4.69, 9.17) is 34.2 Å². The molecule has 0 saturated carbocycles. The van der Waals surface area contributed by atoms with Crippen molar-refractivity contribution in [2.24, 2.45) is 0 Å². The molecule has 0 aliphatic carbocycles. The molecule has 0 unspecified atom stereocenters. The summed E-state index contributed by atoms with van der Waals surface area (Å²) in [5, 5.41) is 17.5. The number of nitrogen functional groups attached to an aromatic ring is 1. The third-order valence-electron chi connectivity index (χ3n) is 2.98. The van der Waals surface area contributed by atoms with E-state index in [9.17, 15) is 23.2 Å². The Morgan fingerprint density at radius 2 is 1.76 bits per heavy atom. The van der Waals surface area contributed by atoms with E-state index in [1.165, 1.54) is 0 Å². The Morgan fingerprint density at radius 1 is 1.16 bits per heavy atom. The monoisotopic (exact) mass is 388 g/mol. The van der Waals surface area contributed by atoms with Crippen LogP contribution in [0.1, 0.15) is 11.1 Å². The summed E-state index contributed by atoms with van der Waals surface area (Å²) < 4.78 is 41.3. The molecule has 0 spiro atoms. The second-order valence-corrected chi connectivity index (χ2v) is 5.32. The molecule has 1 heterocycles. The number of halogens is 5. The number of nitrogens with zero attached hydrogens (tertiary/aromatic N) is 2. The third-order valence-corrected chi connectivity index (χ3v) is 3.76. The molecule has 0 fully saturated rings. The van der Waals surface area contributed by atoms with E-state index in [-0.39, 0.29) is 27.5 Å². The maximum Gasteiger partial charge on any atom is 0.573 e. The van der Waals surface area contributed by atoms with Crippen LogP contribution in [-0.4, -0.2) is 11.3 Å². The number of alkyl halides is 3. The van der Waals surface area contributed by atoms with Gasteiger partial charge in [0.15, 0.2) is 0 Å². The van der Waals surface area contributed by atoms with Crippen molar-refractivity contribution in [1.29, 1.82) is 10.5 Å². The van der Waals surface area contributed by atoms with Crippen LogP contribution in [0.5, 0.6) is 5.75 Å². The molecule has 2 rings (SSSR count). The summed E-state index contributed by atoms with van der Waals surface area (Å²) in [7, 11) is 0. The fourth-order valence-electron chi connectivity index (χ4n) is 2.04. The molecule has 2 aromatic rings. The highest BCUT2D eigenvalue weighted by Crippen LogP contribution is 2.40. The minimum Gasteiger partial charge on any atom is -0.404 e. The number of hydrogen-bond acceptors (Lipinski definition) is 5. The van der Waals surface area contributed by atoms with Crippen LogP contribution in [0.25, 0.3) is 11.1 Å². The average Bonchev–Trinajstić information content (AvgIpc) is 2.49. The highest BCUT2D eigenvalue weighted by molar-refractivity contribution is 6.43. The number of anilines is 1. The summed E-state index contributed by atoms with van der Waals surface area (Å²) in [4.78, 5) is 14.0. The molecule has 0 radical (unpaired) electrons. The number of pyridine rings is 1. The number of aromatic nitrogens is 1. The molecule has 0 saturated heterocycles. The van der Waals surface area contributed by atoms with Gasteiger partial charge in [0, 0.05) is 5.56 Å². The van der Waals surface area contributed by atoms with Gasteiger partial charge in [0.25, 0.3) is 5.56 Å². The minimum atomic E-state index is -5.06. The van der Waals surface area contributed by atoms with Crippen LogP contribution in [0.2, 0.25) is 10.0 Å². The molecule has 11 heteroatoms. The molecule has 128 valence electrons. The highest BCUT2D eigenvalue weighted by Gasteiger charge is 2.33. The second kappa shape index (κ2) is 6.55. The van der Waals surface area contributed by atoms with Gasteiger partial charge in [-0.25, -0.2) is 0 Å². The molecule has 0 aliphatic heterocycles. The van der Waals surface area contributed by atoms with Gasteiger partial charge in [-0.3, -0.25) is 4.79 Å². The number of benzene rings is 1. The van der Waals surface area contributed by atoms with E-state index in [1.807, 2.05) is 0 Å². The SMILES string of the molecule is N#Cc1c(N)[nH]c(=O)c(C#N)c1-c1cc(Cl)c(Cl)c(OC(F)(F)F)c1. The summed E-state index contributed by atoms with van der Waals surface area (Å²) >= 11 is 11.5. The summed E-state index contributed by atoms with van der Waals surface area (Å²) in [5.74, 6) is -1.21. The quantitative estimate of drug-likeness (QED) is 0.815. The van der Waals surface area contributed by atoms with Crippen LogP contribution >= 0.6 is 23.2 Å². The maximum absolute atomic E-state index is 12.5. The molecular weight excluding hydrogens is 384 g/mol. The van der Waals surface area contributed by atoms with Crippen molar-refractivity contribution in [2.45, 2.75) is 6.36 Å². The lowest BCUT2D eigenvalue weighted by Crippen LogP contribution is -2.18. The van der Waals surface area contributed by atoms with Crippen LogP contribution in [0, 0.1) is 22.7 Å². The van der Waals surface area contributed by atoms with Crippen molar-refractivity contribution in [2.75, 3.05) is 5.73 Å². The summed E-state index contributed by atoms with van der Waals surface area (Å²) in [6, 6.07) is 5.15. The largest absolute Gasteiger partial charge is 0.573 e. The molecule has 1 aromatic heterocycles. The van der Waals surface area contributed by atoms with Gasteiger partial charge in [-0.1, -0.05) is 23.2 Å². The number of nitrogens with one attached hydrogen (secondary N) is 1. The van der Waals surface area contributed by atoms with Crippen molar-refractivity contribution in [3.8, 4) is 29.0 Å². The minimum absolute atomic E-state index is 0.167. The fraction of sp³-hybridized carbons (Fsp3) is 0.0714. The second-order valence-electron chi connectivity index (χ2n) is 4.53. The first-order valence-corrected chi connectivity index (χ1v) is 6.95. The molecule has 0 amide bonds. The zero-order chi connectivity index (χ0) is 18.9. The van der Waals surface area contributed by atoms with Gasteiger partial charge in [-0.2, -0.15) is 10.5 Å². The predicted octanol–water partition coefficient (Wildman–Crippen LogP) is 3.57. The lowest BCUT2D eigenvalue weighted by atomic mass is 9.96. The smallest absolute Gasteiger partial charge is 0.404 e. The topological polar surface area (TPSA) is 116 Å². The number of rotatable bonds is 2. The number of nitriles is 2. The molecular formula is C14H5Cl2F3N4O2. The number of H-pyrrole nitrogens is 1. The molecule has 3 N–H and O–H groups in total. The van der Waals surface area contributed by atoms with Crippen LogP contribution in [0.15, 0.2) is 16.9 Å². The zero-order valence-electron chi connectivity index (χ0n) is 11.8. The Balaban J connectivity index is 2.87. The van der Waals surface area contributed by atoms with Crippen LogP contribution in [-0.2, 0) is 0 Å². The van der Waals surface area contributed by atoms with Gasteiger partial charge in [0.1, 0.15) is 39.9 Å². The highest BCUT2D eigenvalue weighted by atomic mass is 35.5. The number of hydrogen-bond donors (Lipinski definition) is 2. The van der Waals surface area contributed by atoms with E-state index >= 15 is 0 Å². The zero-order valence-corrected chi connectivity index (χ0v) is 13.3. The molecule has 25 heavy (non-hydrogen) atoms. The van der Waals surface area contributed by atoms with Gasteiger partial charge in [-0.05, 0) is 17.7 Å². The normalized spacial score (nSPS) is 10.8. The Kier molecular flexibility index (Phi) is 4.84. The number of ether oxygens (including phenoxy) is 1. The molecule has 1 aromatic carbocycles. The first kappa shape index (κ1) is 18.5.